The summed E-state index contributed by atoms with van der Waals surface area (Å²) in [6, 6.07) is 0. The largest absolute Gasteiger partial charge is 0.207 e. The van der Waals surface area contributed by atoms with Crippen molar-refractivity contribution in [3.63, 3.8) is 0 Å². The Morgan fingerprint density at radius 3 is 2.78 bits per heavy atom. The molecular weight excluding hydrogens is 110 g/mol. The third-order valence-electron chi connectivity index (χ3n) is 1.79. The maximum Gasteiger partial charge on any atom is 0.165 e. The summed E-state index contributed by atoms with van der Waals surface area (Å²) < 4.78 is 2.32. The van der Waals surface area contributed by atoms with E-state index in [1.807, 2.05) is 0 Å². The molecule has 50 valence electrons. The fourth-order valence-electron chi connectivity index (χ4n) is 1.22. The molecule has 0 fully saturated rings. The summed E-state index contributed by atoms with van der Waals surface area (Å²) in [6.45, 7) is 5.52. The molecule has 1 rings (SSSR count). The Kier molecular flexibility index (Phi) is 2.04. The molecule has 9 heavy (non-hydrogen) atoms. The second-order valence-corrected chi connectivity index (χ2v) is 2.29. The molecule has 0 aliphatic carbocycles. The molecule has 0 radical (unpaired) electrons. The summed E-state index contributed by atoms with van der Waals surface area (Å²) in [6.07, 6.45) is 6.77. The van der Waals surface area contributed by atoms with E-state index in [-0.39, 0.29) is 0 Å². The Balaban J connectivity index is 2.67. The first-order chi connectivity index (χ1) is 4.38. The van der Waals surface area contributed by atoms with Crippen molar-refractivity contribution < 1.29 is 4.58 Å². The Hall–Kier alpha value is -0.590. The van der Waals surface area contributed by atoms with Crippen LogP contribution in [0.1, 0.15) is 26.7 Å². The molecule has 1 heterocycles. The van der Waals surface area contributed by atoms with Crippen LogP contribution in [-0.4, -0.2) is 16.8 Å². The molecule has 0 aromatic rings. The predicted molar refractivity (Wildman–Crippen MR) is 39.9 cm³/mol. The summed E-state index contributed by atoms with van der Waals surface area (Å²) in [4.78, 5) is 0. The van der Waals surface area contributed by atoms with Gasteiger partial charge in [-0.25, -0.2) is 4.58 Å². The quantitative estimate of drug-likeness (QED) is 0.494. The highest BCUT2D eigenvalue weighted by Crippen LogP contribution is 2.02. The predicted octanol–water partition coefficient (Wildman–Crippen LogP) is 1.79. The summed E-state index contributed by atoms with van der Waals surface area (Å²) >= 11 is 0. The van der Waals surface area contributed by atoms with Crippen molar-refractivity contribution in [1.82, 2.24) is 0 Å². The molecule has 0 bridgehead atoms. The van der Waals surface area contributed by atoms with E-state index in [0.29, 0.717) is 0 Å². The third-order valence-corrected chi connectivity index (χ3v) is 1.79. The number of rotatable bonds is 2. The topological polar surface area (TPSA) is 3.01 Å². The summed E-state index contributed by atoms with van der Waals surface area (Å²) in [5, 5.41) is 0. The van der Waals surface area contributed by atoms with Crippen molar-refractivity contribution in [1.29, 1.82) is 0 Å². The van der Waals surface area contributed by atoms with E-state index in [4.69, 9.17) is 0 Å². The van der Waals surface area contributed by atoms with Crippen LogP contribution in [0.5, 0.6) is 0 Å². The molecule has 1 aliphatic heterocycles. The first-order valence-corrected chi connectivity index (χ1v) is 3.66. The van der Waals surface area contributed by atoms with Crippen LogP contribution in [0.15, 0.2) is 12.3 Å². The lowest BCUT2D eigenvalue weighted by Crippen LogP contribution is -2.09. The fourth-order valence-corrected chi connectivity index (χ4v) is 1.22. The van der Waals surface area contributed by atoms with Crippen molar-refractivity contribution in [2.45, 2.75) is 26.7 Å². The van der Waals surface area contributed by atoms with Gasteiger partial charge in [-0.15, -0.1) is 0 Å². The van der Waals surface area contributed by atoms with E-state index in [1.54, 1.807) is 5.71 Å². The van der Waals surface area contributed by atoms with Crippen LogP contribution in [0.4, 0.5) is 0 Å². The zero-order valence-electron chi connectivity index (χ0n) is 6.22. The van der Waals surface area contributed by atoms with Gasteiger partial charge in [0.05, 0.1) is 6.42 Å². The van der Waals surface area contributed by atoms with Gasteiger partial charge in [-0.1, -0.05) is 6.92 Å². The molecule has 0 N–H and O–H groups in total. The number of allylic oxidation sites excluding steroid dienone is 1. The van der Waals surface area contributed by atoms with Crippen LogP contribution < -0.4 is 0 Å². The number of hydrogen-bond acceptors (Lipinski definition) is 0. The van der Waals surface area contributed by atoms with Gasteiger partial charge in [-0.05, 0) is 13.0 Å². The van der Waals surface area contributed by atoms with Crippen LogP contribution in [0, 0.1) is 0 Å². The van der Waals surface area contributed by atoms with Crippen molar-refractivity contribution in [3.05, 3.63) is 12.3 Å². The monoisotopic (exact) mass is 124 g/mol. The first-order valence-electron chi connectivity index (χ1n) is 3.66. The molecule has 0 atom stereocenters. The van der Waals surface area contributed by atoms with Crippen LogP contribution in [0.2, 0.25) is 0 Å². The second-order valence-electron chi connectivity index (χ2n) is 2.29. The Labute approximate surface area is 56.7 Å². The van der Waals surface area contributed by atoms with Crippen molar-refractivity contribution in [2.24, 2.45) is 0 Å². The van der Waals surface area contributed by atoms with E-state index >= 15 is 0 Å². The normalized spacial score (nSPS) is 17.6. The molecule has 0 spiro atoms. The minimum atomic E-state index is 1.12. The van der Waals surface area contributed by atoms with E-state index in [9.17, 15) is 0 Å². The van der Waals surface area contributed by atoms with Crippen molar-refractivity contribution in [3.8, 4) is 0 Å². The molecule has 1 heteroatoms. The summed E-state index contributed by atoms with van der Waals surface area (Å²) in [7, 11) is 0. The van der Waals surface area contributed by atoms with E-state index in [0.717, 1.165) is 6.54 Å². The van der Waals surface area contributed by atoms with Gasteiger partial charge in [0.25, 0.3) is 0 Å². The highest BCUT2D eigenvalue weighted by Gasteiger charge is 2.11. The van der Waals surface area contributed by atoms with E-state index < -0.39 is 0 Å². The smallest absolute Gasteiger partial charge is 0.165 e. The molecule has 0 saturated heterocycles. The van der Waals surface area contributed by atoms with Crippen LogP contribution in [0.25, 0.3) is 0 Å². The number of nitrogens with zero attached hydrogens (tertiary/aromatic N) is 1. The molecule has 0 aromatic carbocycles. The van der Waals surface area contributed by atoms with Gasteiger partial charge in [0.15, 0.2) is 11.9 Å². The van der Waals surface area contributed by atoms with Crippen molar-refractivity contribution in [2.75, 3.05) is 6.54 Å². The SMILES string of the molecule is CCC1=[N+](CC)C=CC1. The first kappa shape index (κ1) is 6.53. The van der Waals surface area contributed by atoms with Gasteiger partial charge in [0.1, 0.15) is 6.54 Å². The van der Waals surface area contributed by atoms with Gasteiger partial charge in [-0.2, -0.15) is 0 Å². The molecule has 0 aromatic heterocycles. The Morgan fingerprint density at radius 2 is 2.33 bits per heavy atom. The molecular formula is C8H14N+. The Morgan fingerprint density at radius 1 is 1.56 bits per heavy atom. The highest BCUT2D eigenvalue weighted by molar-refractivity contribution is 5.82. The molecule has 0 amide bonds. The average molecular weight is 124 g/mol. The summed E-state index contributed by atoms with van der Waals surface area (Å²) in [5.74, 6) is 0. The minimum absolute atomic E-state index is 1.12. The minimum Gasteiger partial charge on any atom is -0.207 e. The zero-order valence-corrected chi connectivity index (χ0v) is 6.22. The third kappa shape index (κ3) is 1.21. The van der Waals surface area contributed by atoms with E-state index in [1.165, 1.54) is 12.8 Å². The van der Waals surface area contributed by atoms with Gasteiger partial charge < -0.3 is 0 Å². The second kappa shape index (κ2) is 2.81. The fraction of sp³-hybridized carbons (Fsp3) is 0.625. The van der Waals surface area contributed by atoms with Crippen LogP contribution >= 0.6 is 0 Å². The van der Waals surface area contributed by atoms with Gasteiger partial charge >= 0.3 is 0 Å². The maximum atomic E-state index is 2.32. The highest BCUT2D eigenvalue weighted by atomic mass is 15.0. The van der Waals surface area contributed by atoms with Crippen LogP contribution in [-0.2, 0) is 0 Å². The van der Waals surface area contributed by atoms with Gasteiger partial charge in [0.2, 0.25) is 0 Å². The lowest BCUT2D eigenvalue weighted by Gasteiger charge is -1.92. The van der Waals surface area contributed by atoms with Gasteiger partial charge in [-0.3, -0.25) is 0 Å². The van der Waals surface area contributed by atoms with Crippen LogP contribution in [0.3, 0.4) is 0 Å². The molecule has 1 nitrogen and oxygen atoms in total. The number of hydrogen-bond donors (Lipinski definition) is 0. The standard InChI is InChI=1S/C8H14N/c1-3-8-6-5-7-9(8)4-2/h5,7H,3-4,6H2,1-2H3/q+1. The average Bonchev–Trinajstić information content (AvgIpc) is 2.33. The lowest BCUT2D eigenvalue weighted by atomic mass is 10.2. The molecule has 0 saturated carbocycles. The van der Waals surface area contributed by atoms with Crippen molar-refractivity contribution >= 4 is 5.71 Å². The summed E-state index contributed by atoms with van der Waals surface area (Å²) in [5.41, 5.74) is 1.55. The van der Waals surface area contributed by atoms with E-state index in [2.05, 4.69) is 30.7 Å². The lowest BCUT2D eigenvalue weighted by molar-refractivity contribution is -0.451. The maximum absolute atomic E-state index is 2.32. The van der Waals surface area contributed by atoms with Gasteiger partial charge in [0, 0.05) is 6.42 Å². The zero-order chi connectivity index (χ0) is 6.69. The Bertz CT molecular complexity index is 154. The molecule has 0 unspecified atom stereocenters. The molecule has 1 aliphatic rings.